The van der Waals surface area contributed by atoms with E-state index in [1.165, 1.54) is 13.3 Å². The van der Waals surface area contributed by atoms with Crippen molar-refractivity contribution < 1.29 is 19.0 Å². The summed E-state index contributed by atoms with van der Waals surface area (Å²) in [5, 5.41) is 13.5. The van der Waals surface area contributed by atoms with Crippen LogP contribution in [0.5, 0.6) is 11.5 Å². The number of ether oxygens (including phenoxy) is 3. The van der Waals surface area contributed by atoms with Gasteiger partial charge in [0.1, 0.15) is 11.6 Å². The van der Waals surface area contributed by atoms with Gasteiger partial charge in [-0.05, 0) is 44.8 Å². The quantitative estimate of drug-likeness (QED) is 0.210. The van der Waals surface area contributed by atoms with E-state index in [-0.39, 0.29) is 23.8 Å². The Morgan fingerprint density at radius 1 is 1.26 bits per heavy atom. The number of carbonyl (C=O) groups is 1. The normalized spacial score (nSPS) is 10.6. The van der Waals surface area contributed by atoms with Gasteiger partial charge in [-0.25, -0.2) is 15.2 Å². The molecule has 0 spiro atoms. The molecule has 1 aromatic heterocycles. The third kappa shape index (κ3) is 6.26. The van der Waals surface area contributed by atoms with Gasteiger partial charge in [0.05, 0.1) is 30.1 Å². The van der Waals surface area contributed by atoms with E-state index in [9.17, 15) is 14.9 Å². The predicted octanol–water partition coefficient (Wildman–Crippen LogP) is 4.23. The predicted molar refractivity (Wildman–Crippen MR) is 137 cm³/mol. The number of carbonyl (C=O) groups excluding carboxylic acids is 1. The first-order valence-electron chi connectivity index (χ1n) is 10.1. The maximum Gasteiger partial charge on any atom is 0.343 e. The third-order valence-electron chi connectivity index (χ3n) is 4.47. The molecule has 0 fully saturated rings. The number of H-pyrrole nitrogens is 1. The van der Waals surface area contributed by atoms with Gasteiger partial charge in [-0.2, -0.15) is 10.4 Å². The first kappa shape index (κ1) is 25.9. The van der Waals surface area contributed by atoms with Crippen molar-refractivity contribution in [2.24, 2.45) is 5.10 Å². The average molecular weight is 605 g/mol. The van der Waals surface area contributed by atoms with Crippen LogP contribution in [0.15, 0.2) is 55.2 Å². The number of esters is 1. The fourth-order valence-corrected chi connectivity index (χ4v) is 3.82. The Labute approximate surface area is 217 Å². The fraction of sp³-hybridized carbons (Fsp3) is 0.174. The van der Waals surface area contributed by atoms with Crippen LogP contribution in [0.2, 0.25) is 0 Å². The number of hydrogen-bond acceptors (Lipinski definition) is 9. The lowest BCUT2D eigenvalue weighted by atomic mass is 10.1. The Balaban J connectivity index is 1.90. The minimum atomic E-state index is -0.589. The summed E-state index contributed by atoms with van der Waals surface area (Å²) < 4.78 is 16.9. The van der Waals surface area contributed by atoms with Crippen molar-refractivity contribution in [2.45, 2.75) is 6.92 Å². The van der Waals surface area contributed by atoms with Gasteiger partial charge in [0, 0.05) is 15.6 Å². The summed E-state index contributed by atoms with van der Waals surface area (Å²) in [6, 6.07) is 12.5. The molecule has 0 aliphatic carbocycles. The molecule has 35 heavy (non-hydrogen) atoms. The van der Waals surface area contributed by atoms with E-state index in [1.54, 1.807) is 30.3 Å². The molecule has 0 aliphatic rings. The van der Waals surface area contributed by atoms with Gasteiger partial charge in [-0.3, -0.25) is 9.78 Å². The Morgan fingerprint density at radius 2 is 2.00 bits per heavy atom. The van der Waals surface area contributed by atoms with Crippen molar-refractivity contribution in [1.82, 2.24) is 9.97 Å². The molecular formula is C23H19Br2N5O5. The number of aromatic amines is 1. The van der Waals surface area contributed by atoms with E-state index in [2.05, 4.69) is 57.1 Å². The van der Waals surface area contributed by atoms with Crippen molar-refractivity contribution in [3.8, 4) is 28.8 Å². The number of aromatic nitrogens is 2. The molecule has 1 heterocycles. The maximum absolute atomic E-state index is 12.4. The molecule has 0 aliphatic heterocycles. The summed E-state index contributed by atoms with van der Waals surface area (Å²) in [5.41, 5.74) is 3.45. The highest BCUT2D eigenvalue weighted by Crippen LogP contribution is 2.42. The molecule has 0 bridgehead atoms. The molecule has 2 N–H and O–H groups in total. The lowest BCUT2D eigenvalue weighted by molar-refractivity contribution is -0.142. The number of hydrazone groups is 1. The molecular weight excluding hydrogens is 586 g/mol. The van der Waals surface area contributed by atoms with E-state index in [1.807, 2.05) is 19.1 Å². The fourth-order valence-electron chi connectivity index (χ4n) is 2.88. The van der Waals surface area contributed by atoms with E-state index >= 15 is 0 Å². The maximum atomic E-state index is 12.4. The smallest absolute Gasteiger partial charge is 0.343 e. The van der Waals surface area contributed by atoms with Gasteiger partial charge in [-0.15, -0.1) is 0 Å². The van der Waals surface area contributed by atoms with E-state index in [0.29, 0.717) is 38.2 Å². The summed E-state index contributed by atoms with van der Waals surface area (Å²) in [5.74, 6) is 0.218. The van der Waals surface area contributed by atoms with Crippen LogP contribution in [-0.4, -0.2) is 42.5 Å². The highest BCUT2D eigenvalue weighted by atomic mass is 79.9. The van der Waals surface area contributed by atoms with Crippen LogP contribution in [0, 0.1) is 11.3 Å². The second-order valence-corrected chi connectivity index (χ2v) is 8.29. The number of anilines is 1. The van der Waals surface area contributed by atoms with E-state index in [4.69, 9.17) is 9.47 Å². The van der Waals surface area contributed by atoms with Gasteiger partial charge in [0.25, 0.3) is 5.56 Å². The third-order valence-corrected chi connectivity index (χ3v) is 6.61. The lowest BCUT2D eigenvalue weighted by Crippen LogP contribution is -2.16. The van der Waals surface area contributed by atoms with Crippen LogP contribution in [0.3, 0.4) is 0 Å². The molecule has 180 valence electrons. The van der Waals surface area contributed by atoms with Crippen molar-refractivity contribution in [2.75, 3.05) is 25.7 Å². The second-order valence-electron chi connectivity index (χ2n) is 6.70. The Bertz CT molecular complexity index is 1350. The van der Waals surface area contributed by atoms with Gasteiger partial charge in [-0.1, -0.05) is 30.3 Å². The Hall–Kier alpha value is -3.69. The molecule has 0 amide bonds. The first-order valence-corrected chi connectivity index (χ1v) is 11.7. The number of nitriles is 1. The molecule has 10 nitrogen and oxygen atoms in total. The van der Waals surface area contributed by atoms with Crippen LogP contribution in [0.25, 0.3) is 11.3 Å². The Kier molecular flexibility index (Phi) is 8.99. The first-order chi connectivity index (χ1) is 16.9. The molecule has 12 heteroatoms. The average Bonchev–Trinajstić information content (AvgIpc) is 2.86. The van der Waals surface area contributed by atoms with Gasteiger partial charge < -0.3 is 14.2 Å². The summed E-state index contributed by atoms with van der Waals surface area (Å²) in [6.07, 6.45) is 1.47. The van der Waals surface area contributed by atoms with Crippen LogP contribution in [-0.2, 0) is 9.53 Å². The number of hydrogen-bond donors (Lipinski definition) is 2. The number of rotatable bonds is 9. The molecule has 0 radical (unpaired) electrons. The zero-order chi connectivity index (χ0) is 25.4. The molecule has 3 aromatic rings. The number of nitrogens with zero attached hydrogens (tertiary/aromatic N) is 3. The molecule has 0 unspecified atom stereocenters. The lowest BCUT2D eigenvalue weighted by Gasteiger charge is -2.15. The topological polar surface area (TPSA) is 139 Å². The minimum absolute atomic E-state index is 0.0577. The van der Waals surface area contributed by atoms with Crippen molar-refractivity contribution in [3.05, 3.63) is 66.8 Å². The SMILES string of the molecule is CCOc1cc(C=NNc2nc(-c3ccccc3)c(C#N)c(=O)[nH]2)c(Br)c(Br)c1OCC(=O)OC. The molecule has 0 saturated heterocycles. The second kappa shape index (κ2) is 12.1. The van der Waals surface area contributed by atoms with Crippen molar-refractivity contribution in [1.29, 1.82) is 5.26 Å². The number of methoxy groups -OCH3 is 1. The van der Waals surface area contributed by atoms with Crippen LogP contribution < -0.4 is 20.5 Å². The van der Waals surface area contributed by atoms with E-state index < -0.39 is 11.5 Å². The van der Waals surface area contributed by atoms with Gasteiger partial charge in [0.15, 0.2) is 18.1 Å². The summed E-state index contributed by atoms with van der Waals surface area (Å²) in [7, 11) is 1.27. The molecule has 0 saturated carbocycles. The van der Waals surface area contributed by atoms with Crippen LogP contribution in [0.1, 0.15) is 18.1 Å². The highest BCUT2D eigenvalue weighted by molar-refractivity contribution is 9.13. The number of halogens is 2. The van der Waals surface area contributed by atoms with E-state index in [0.717, 1.165) is 0 Å². The zero-order valence-electron chi connectivity index (χ0n) is 18.6. The summed E-state index contributed by atoms with van der Waals surface area (Å²) in [6.45, 7) is 1.88. The molecule has 3 rings (SSSR count). The number of nitrogens with one attached hydrogen (secondary N) is 2. The summed E-state index contributed by atoms with van der Waals surface area (Å²) >= 11 is 6.92. The Morgan fingerprint density at radius 3 is 2.66 bits per heavy atom. The zero-order valence-corrected chi connectivity index (χ0v) is 21.8. The standard InChI is InChI=1S/C23H19Br2N5O5/c1-3-34-16-9-14(18(24)19(25)21(16)35-12-17(31)33-2)11-27-30-23-28-20(13-7-5-4-6-8-13)15(10-26)22(32)29-23/h4-9,11H,3,12H2,1-2H3,(H2,28,29,30,32). The minimum Gasteiger partial charge on any atom is -0.490 e. The van der Waals surface area contributed by atoms with Crippen LogP contribution in [0.4, 0.5) is 5.95 Å². The number of benzene rings is 2. The van der Waals surface area contributed by atoms with Gasteiger partial charge in [0.2, 0.25) is 5.95 Å². The van der Waals surface area contributed by atoms with Crippen molar-refractivity contribution in [3.63, 3.8) is 0 Å². The molecule has 0 atom stereocenters. The van der Waals surface area contributed by atoms with Gasteiger partial charge >= 0.3 is 5.97 Å². The monoisotopic (exact) mass is 603 g/mol. The summed E-state index contributed by atoms with van der Waals surface area (Å²) in [4.78, 5) is 30.7. The highest BCUT2D eigenvalue weighted by Gasteiger charge is 2.18. The van der Waals surface area contributed by atoms with Crippen LogP contribution >= 0.6 is 31.9 Å². The largest absolute Gasteiger partial charge is 0.490 e. The molecule has 2 aromatic carbocycles. The van der Waals surface area contributed by atoms with Crippen molar-refractivity contribution >= 4 is 50.0 Å².